The van der Waals surface area contributed by atoms with E-state index in [2.05, 4.69) is 10.4 Å². The van der Waals surface area contributed by atoms with Gasteiger partial charge in [0.25, 0.3) is 0 Å². The fourth-order valence-corrected chi connectivity index (χ4v) is 2.31. The molecule has 0 amide bonds. The van der Waals surface area contributed by atoms with E-state index in [1.54, 1.807) is 6.33 Å². The minimum atomic E-state index is -0.201. The molecule has 2 aromatic rings. The van der Waals surface area contributed by atoms with E-state index in [9.17, 15) is 5.11 Å². The van der Waals surface area contributed by atoms with Gasteiger partial charge in [-0.1, -0.05) is 42.5 Å². The number of anilines is 1. The first kappa shape index (κ1) is 13.7. The number of nitrogens with two attached hydrogens (primary N) is 1. The first-order valence-electron chi connectivity index (χ1n) is 5.91. The summed E-state index contributed by atoms with van der Waals surface area (Å²) in [5.41, 5.74) is 4.10. The summed E-state index contributed by atoms with van der Waals surface area (Å²) in [6.45, 7) is 1.83. The van der Waals surface area contributed by atoms with E-state index in [-0.39, 0.29) is 12.6 Å². The standard InChI is InChI=1S/C13H16N4OS/c1-9(10-5-3-2-4-6-10)17-8-15-12(16-14)11(7-18)13(17)19/h2-6,8-9,16,18H,7,14H2,1H3. The topological polar surface area (TPSA) is 76.1 Å². The molecule has 0 fully saturated rings. The maximum atomic E-state index is 9.39. The summed E-state index contributed by atoms with van der Waals surface area (Å²) >= 11 is 5.39. The van der Waals surface area contributed by atoms with E-state index in [4.69, 9.17) is 18.1 Å². The molecule has 19 heavy (non-hydrogen) atoms. The zero-order chi connectivity index (χ0) is 13.8. The summed E-state index contributed by atoms with van der Waals surface area (Å²) in [6, 6.07) is 10.0. The van der Waals surface area contributed by atoms with E-state index in [0.29, 0.717) is 16.0 Å². The SMILES string of the molecule is CC(c1ccccc1)n1cnc(NN)c(CO)c1=S. The van der Waals surface area contributed by atoms with Crippen molar-refractivity contribution in [2.75, 3.05) is 5.43 Å². The molecule has 0 aliphatic rings. The highest BCUT2D eigenvalue weighted by Gasteiger charge is 2.12. The van der Waals surface area contributed by atoms with Crippen molar-refractivity contribution in [3.05, 3.63) is 52.4 Å². The average Bonchev–Trinajstić information content (AvgIpc) is 2.47. The van der Waals surface area contributed by atoms with Crippen LogP contribution in [0.4, 0.5) is 5.82 Å². The third-order valence-corrected chi connectivity index (χ3v) is 3.54. The molecule has 1 aromatic heterocycles. The maximum Gasteiger partial charge on any atom is 0.150 e. The molecule has 0 bridgehead atoms. The van der Waals surface area contributed by atoms with Gasteiger partial charge >= 0.3 is 0 Å². The van der Waals surface area contributed by atoms with Crippen molar-refractivity contribution in [1.29, 1.82) is 0 Å². The van der Waals surface area contributed by atoms with Crippen molar-refractivity contribution in [1.82, 2.24) is 9.55 Å². The Morgan fingerprint density at radius 2 is 2.11 bits per heavy atom. The molecule has 1 heterocycles. The van der Waals surface area contributed by atoms with Crippen LogP contribution in [0, 0.1) is 4.64 Å². The quantitative estimate of drug-likeness (QED) is 0.452. The van der Waals surface area contributed by atoms with Gasteiger partial charge in [-0.2, -0.15) is 0 Å². The van der Waals surface area contributed by atoms with Crippen LogP contribution in [0.5, 0.6) is 0 Å². The molecule has 1 aromatic carbocycles. The Hall–Kier alpha value is -1.76. The minimum Gasteiger partial charge on any atom is -0.391 e. The van der Waals surface area contributed by atoms with Crippen molar-refractivity contribution in [3.63, 3.8) is 0 Å². The van der Waals surface area contributed by atoms with Crippen LogP contribution in [0.1, 0.15) is 24.1 Å². The van der Waals surface area contributed by atoms with E-state index < -0.39 is 0 Å². The maximum absolute atomic E-state index is 9.39. The number of benzene rings is 1. The number of aliphatic hydroxyl groups excluding tert-OH is 1. The van der Waals surface area contributed by atoms with Crippen LogP contribution in [-0.4, -0.2) is 14.7 Å². The number of hydrazine groups is 1. The molecule has 0 saturated heterocycles. The van der Waals surface area contributed by atoms with Gasteiger partial charge in [-0.3, -0.25) is 0 Å². The highest BCUT2D eigenvalue weighted by Crippen LogP contribution is 2.21. The van der Waals surface area contributed by atoms with Gasteiger partial charge in [0.15, 0.2) is 0 Å². The van der Waals surface area contributed by atoms with Gasteiger partial charge in [0, 0.05) is 0 Å². The van der Waals surface area contributed by atoms with Gasteiger partial charge < -0.3 is 15.1 Å². The molecule has 0 aliphatic heterocycles. The molecule has 0 aliphatic carbocycles. The van der Waals surface area contributed by atoms with Crippen molar-refractivity contribution in [2.24, 2.45) is 5.84 Å². The van der Waals surface area contributed by atoms with Gasteiger partial charge in [0.1, 0.15) is 10.5 Å². The third-order valence-electron chi connectivity index (χ3n) is 3.08. The average molecular weight is 276 g/mol. The molecule has 0 spiro atoms. The van der Waals surface area contributed by atoms with Gasteiger partial charge in [-0.15, -0.1) is 0 Å². The second-order valence-electron chi connectivity index (χ2n) is 4.17. The fraction of sp³-hybridized carbons (Fsp3) is 0.231. The molecule has 1 unspecified atom stereocenters. The summed E-state index contributed by atoms with van der Waals surface area (Å²) in [7, 11) is 0. The highest BCUT2D eigenvalue weighted by atomic mass is 32.1. The number of nitrogen functional groups attached to an aromatic ring is 1. The Kier molecular flexibility index (Phi) is 4.26. The molecular weight excluding hydrogens is 260 g/mol. The van der Waals surface area contributed by atoms with Crippen molar-refractivity contribution < 1.29 is 5.11 Å². The Morgan fingerprint density at radius 3 is 2.68 bits per heavy atom. The number of hydrogen-bond donors (Lipinski definition) is 3. The summed E-state index contributed by atoms with van der Waals surface area (Å²) in [4.78, 5) is 4.18. The van der Waals surface area contributed by atoms with Gasteiger partial charge in [0.05, 0.1) is 24.5 Å². The second kappa shape index (κ2) is 5.92. The van der Waals surface area contributed by atoms with Crippen LogP contribution in [0.25, 0.3) is 0 Å². The molecule has 0 saturated carbocycles. The monoisotopic (exact) mass is 276 g/mol. The minimum absolute atomic E-state index is 0.0401. The molecule has 2 rings (SSSR count). The lowest BCUT2D eigenvalue weighted by Gasteiger charge is -2.18. The summed E-state index contributed by atoms with van der Waals surface area (Å²) < 4.78 is 2.37. The van der Waals surface area contributed by atoms with Crippen molar-refractivity contribution in [2.45, 2.75) is 19.6 Å². The number of nitrogens with one attached hydrogen (secondary N) is 1. The molecule has 100 valence electrons. The van der Waals surface area contributed by atoms with Crippen LogP contribution < -0.4 is 11.3 Å². The first-order chi connectivity index (χ1) is 9.19. The van der Waals surface area contributed by atoms with E-state index in [0.717, 1.165) is 5.56 Å². The number of nitrogens with zero attached hydrogens (tertiary/aromatic N) is 2. The zero-order valence-corrected chi connectivity index (χ0v) is 11.4. The largest absolute Gasteiger partial charge is 0.391 e. The van der Waals surface area contributed by atoms with Crippen molar-refractivity contribution in [3.8, 4) is 0 Å². The molecular formula is C13H16N4OS. The lowest BCUT2D eigenvalue weighted by molar-refractivity contribution is 0.280. The van der Waals surface area contributed by atoms with Gasteiger partial charge in [-0.05, 0) is 12.5 Å². The number of aliphatic hydroxyl groups is 1. The highest BCUT2D eigenvalue weighted by molar-refractivity contribution is 7.71. The molecule has 5 nitrogen and oxygen atoms in total. The van der Waals surface area contributed by atoms with Gasteiger partial charge in [-0.25, -0.2) is 10.8 Å². The van der Waals surface area contributed by atoms with Crippen LogP contribution >= 0.6 is 12.2 Å². The first-order valence-corrected chi connectivity index (χ1v) is 6.32. The smallest absolute Gasteiger partial charge is 0.150 e. The summed E-state index contributed by atoms with van der Waals surface area (Å²) in [5.74, 6) is 5.76. The summed E-state index contributed by atoms with van der Waals surface area (Å²) in [5, 5.41) is 9.39. The molecule has 1 atom stereocenters. The van der Waals surface area contributed by atoms with Crippen LogP contribution in [0.15, 0.2) is 36.7 Å². The lowest BCUT2D eigenvalue weighted by Crippen LogP contribution is -2.16. The molecule has 4 N–H and O–H groups in total. The zero-order valence-electron chi connectivity index (χ0n) is 10.6. The normalized spacial score (nSPS) is 12.2. The lowest BCUT2D eigenvalue weighted by atomic mass is 10.1. The Labute approximate surface area is 116 Å². The fourth-order valence-electron chi connectivity index (χ4n) is 1.94. The molecule has 0 radical (unpaired) electrons. The number of rotatable bonds is 4. The number of hydrogen-bond acceptors (Lipinski definition) is 5. The summed E-state index contributed by atoms with van der Waals surface area (Å²) in [6.07, 6.45) is 1.63. The second-order valence-corrected chi connectivity index (χ2v) is 4.56. The Balaban J connectivity index is 2.49. The third kappa shape index (κ3) is 2.65. The van der Waals surface area contributed by atoms with Crippen LogP contribution in [0.3, 0.4) is 0 Å². The van der Waals surface area contributed by atoms with Gasteiger partial charge in [0.2, 0.25) is 0 Å². The van der Waals surface area contributed by atoms with Crippen LogP contribution in [0.2, 0.25) is 0 Å². The predicted octanol–water partition coefficient (Wildman–Crippen LogP) is 2.00. The van der Waals surface area contributed by atoms with E-state index >= 15 is 0 Å². The number of aromatic nitrogens is 2. The van der Waals surface area contributed by atoms with Crippen LogP contribution in [-0.2, 0) is 6.61 Å². The van der Waals surface area contributed by atoms with Crippen molar-refractivity contribution >= 4 is 18.0 Å². The van der Waals surface area contributed by atoms with E-state index in [1.807, 2.05) is 41.8 Å². The molecule has 6 heteroatoms. The Morgan fingerprint density at radius 1 is 1.42 bits per heavy atom. The Bertz CT molecular complexity index is 612. The van der Waals surface area contributed by atoms with E-state index in [1.165, 1.54) is 0 Å². The predicted molar refractivity (Wildman–Crippen MR) is 77.0 cm³/mol.